The molecule has 1 N–H and O–H groups in total. The summed E-state index contributed by atoms with van der Waals surface area (Å²) in [6.45, 7) is 5.95. The van der Waals surface area contributed by atoms with Gasteiger partial charge in [0.05, 0.1) is 12.8 Å². The second kappa shape index (κ2) is 6.85. The van der Waals surface area contributed by atoms with Crippen LogP contribution in [0.1, 0.15) is 24.5 Å². The maximum absolute atomic E-state index is 12.0. The fourth-order valence-electron chi connectivity index (χ4n) is 1.92. The lowest BCUT2D eigenvalue weighted by Gasteiger charge is -2.19. The molecule has 0 unspecified atom stereocenters. The largest absolute Gasteiger partial charge is 0.325 e. The molecule has 6 heteroatoms. The van der Waals surface area contributed by atoms with Crippen molar-refractivity contribution >= 4 is 21.6 Å². The van der Waals surface area contributed by atoms with Crippen LogP contribution in [-0.2, 0) is 14.8 Å². The van der Waals surface area contributed by atoms with Gasteiger partial charge in [-0.05, 0) is 31.9 Å². The molecule has 1 aromatic rings. The van der Waals surface area contributed by atoms with Crippen molar-refractivity contribution in [1.29, 1.82) is 0 Å². The monoisotopic (exact) mass is 298 g/mol. The number of benzene rings is 1. The molecule has 0 spiro atoms. The molecule has 0 atom stereocenters. The zero-order valence-corrected chi connectivity index (χ0v) is 13.3. The molecule has 20 heavy (non-hydrogen) atoms. The maximum atomic E-state index is 12.0. The molecule has 0 bridgehead atoms. The molecule has 0 aliphatic carbocycles. The van der Waals surface area contributed by atoms with E-state index >= 15 is 0 Å². The van der Waals surface area contributed by atoms with Gasteiger partial charge >= 0.3 is 0 Å². The van der Waals surface area contributed by atoms with E-state index in [1.54, 1.807) is 0 Å². The topological polar surface area (TPSA) is 66.5 Å². The minimum Gasteiger partial charge on any atom is -0.325 e. The van der Waals surface area contributed by atoms with Crippen LogP contribution in [-0.4, -0.2) is 38.0 Å². The average Bonchev–Trinajstić information content (AvgIpc) is 2.31. The Balaban J connectivity index is 2.75. The van der Waals surface area contributed by atoms with Crippen molar-refractivity contribution in [3.8, 4) is 0 Å². The molecular formula is C14H22N2O3S. The summed E-state index contributed by atoms with van der Waals surface area (Å²) in [5.74, 6) is -0.323. The number of carbonyl (C=O) groups excluding carboxylic acids is 1. The highest BCUT2D eigenvalue weighted by Crippen LogP contribution is 2.16. The van der Waals surface area contributed by atoms with Crippen LogP contribution < -0.4 is 5.32 Å². The van der Waals surface area contributed by atoms with Crippen molar-refractivity contribution < 1.29 is 13.2 Å². The smallest absolute Gasteiger partial charge is 0.239 e. The SMILES string of the molecule is CCCN(CC(=O)Nc1ccc(C)cc1C)S(C)(=O)=O. The first-order valence-corrected chi connectivity index (χ1v) is 8.41. The Hall–Kier alpha value is -1.40. The van der Waals surface area contributed by atoms with Gasteiger partial charge in [-0.15, -0.1) is 0 Å². The number of aryl methyl sites for hydroxylation is 2. The van der Waals surface area contributed by atoms with Crippen molar-refractivity contribution in [3.05, 3.63) is 29.3 Å². The number of sulfonamides is 1. The zero-order valence-electron chi connectivity index (χ0n) is 12.4. The molecule has 1 aromatic carbocycles. The van der Waals surface area contributed by atoms with Gasteiger partial charge in [0, 0.05) is 12.2 Å². The molecule has 0 radical (unpaired) electrons. The van der Waals surface area contributed by atoms with E-state index in [9.17, 15) is 13.2 Å². The summed E-state index contributed by atoms with van der Waals surface area (Å²) in [5.41, 5.74) is 2.79. The second-order valence-electron chi connectivity index (χ2n) is 4.96. The number of hydrogen-bond acceptors (Lipinski definition) is 3. The van der Waals surface area contributed by atoms with Crippen molar-refractivity contribution in [3.63, 3.8) is 0 Å². The summed E-state index contributed by atoms with van der Waals surface area (Å²) in [5, 5.41) is 2.75. The lowest BCUT2D eigenvalue weighted by Crippen LogP contribution is -2.37. The van der Waals surface area contributed by atoms with E-state index in [-0.39, 0.29) is 12.5 Å². The third kappa shape index (κ3) is 4.94. The summed E-state index contributed by atoms with van der Waals surface area (Å²) in [6, 6.07) is 5.70. The van der Waals surface area contributed by atoms with Crippen molar-refractivity contribution in [1.82, 2.24) is 4.31 Å². The van der Waals surface area contributed by atoms with E-state index in [0.29, 0.717) is 18.7 Å². The Morgan fingerprint density at radius 3 is 2.45 bits per heavy atom. The summed E-state index contributed by atoms with van der Waals surface area (Å²) in [7, 11) is -3.36. The van der Waals surface area contributed by atoms with E-state index in [1.165, 1.54) is 4.31 Å². The number of nitrogens with one attached hydrogen (secondary N) is 1. The van der Waals surface area contributed by atoms with Gasteiger partial charge in [0.15, 0.2) is 0 Å². The standard InChI is InChI=1S/C14H22N2O3S/c1-5-8-16(20(4,18)19)10-14(17)15-13-7-6-11(2)9-12(13)3/h6-7,9H,5,8,10H2,1-4H3,(H,15,17). The Bertz CT molecular complexity index is 582. The summed E-state index contributed by atoms with van der Waals surface area (Å²) in [4.78, 5) is 12.0. The number of hydrogen-bond donors (Lipinski definition) is 1. The van der Waals surface area contributed by atoms with Gasteiger partial charge in [0.1, 0.15) is 0 Å². The van der Waals surface area contributed by atoms with Crippen LogP contribution in [0, 0.1) is 13.8 Å². The van der Waals surface area contributed by atoms with Crippen LogP contribution in [0.5, 0.6) is 0 Å². The van der Waals surface area contributed by atoms with E-state index in [4.69, 9.17) is 0 Å². The van der Waals surface area contributed by atoms with E-state index < -0.39 is 10.0 Å². The molecular weight excluding hydrogens is 276 g/mol. The molecule has 1 amide bonds. The van der Waals surface area contributed by atoms with E-state index in [1.807, 2.05) is 39.0 Å². The highest BCUT2D eigenvalue weighted by atomic mass is 32.2. The first-order valence-electron chi connectivity index (χ1n) is 6.56. The molecule has 112 valence electrons. The Morgan fingerprint density at radius 2 is 1.95 bits per heavy atom. The van der Waals surface area contributed by atoms with Crippen molar-refractivity contribution in [2.24, 2.45) is 0 Å². The van der Waals surface area contributed by atoms with E-state index in [0.717, 1.165) is 17.4 Å². The zero-order chi connectivity index (χ0) is 15.3. The predicted molar refractivity (Wildman–Crippen MR) is 81.3 cm³/mol. The summed E-state index contributed by atoms with van der Waals surface area (Å²) >= 11 is 0. The molecule has 0 saturated carbocycles. The van der Waals surface area contributed by atoms with Gasteiger partial charge in [-0.25, -0.2) is 8.42 Å². The molecule has 0 heterocycles. The van der Waals surface area contributed by atoms with Gasteiger partial charge in [-0.2, -0.15) is 4.31 Å². The molecule has 1 rings (SSSR count). The first-order chi connectivity index (χ1) is 9.24. The van der Waals surface area contributed by atoms with Gasteiger partial charge in [0.2, 0.25) is 15.9 Å². The summed E-state index contributed by atoms with van der Waals surface area (Å²) in [6.07, 6.45) is 1.79. The minimum atomic E-state index is -3.36. The molecule has 0 aliphatic rings. The first kappa shape index (κ1) is 16.7. The number of nitrogens with zero attached hydrogens (tertiary/aromatic N) is 1. The van der Waals surface area contributed by atoms with Crippen molar-refractivity contribution in [2.45, 2.75) is 27.2 Å². The fraction of sp³-hybridized carbons (Fsp3) is 0.500. The van der Waals surface area contributed by atoms with Crippen LogP contribution in [0.15, 0.2) is 18.2 Å². The third-order valence-electron chi connectivity index (χ3n) is 2.92. The normalized spacial score (nSPS) is 11.7. The quantitative estimate of drug-likeness (QED) is 0.872. The molecule has 0 aromatic heterocycles. The Labute approximate surface area is 121 Å². The number of amides is 1. The van der Waals surface area contributed by atoms with Gasteiger partial charge < -0.3 is 5.32 Å². The molecule has 0 saturated heterocycles. The second-order valence-corrected chi connectivity index (χ2v) is 6.95. The lowest BCUT2D eigenvalue weighted by atomic mass is 10.1. The Morgan fingerprint density at radius 1 is 1.30 bits per heavy atom. The summed E-state index contributed by atoms with van der Waals surface area (Å²) < 4.78 is 24.3. The highest BCUT2D eigenvalue weighted by molar-refractivity contribution is 7.88. The highest BCUT2D eigenvalue weighted by Gasteiger charge is 2.19. The maximum Gasteiger partial charge on any atom is 0.239 e. The molecule has 5 nitrogen and oxygen atoms in total. The van der Waals surface area contributed by atoms with Gasteiger partial charge in [-0.3, -0.25) is 4.79 Å². The average molecular weight is 298 g/mol. The van der Waals surface area contributed by atoms with Crippen LogP contribution in [0.4, 0.5) is 5.69 Å². The van der Waals surface area contributed by atoms with Crippen LogP contribution in [0.2, 0.25) is 0 Å². The van der Waals surface area contributed by atoms with Gasteiger partial charge in [-0.1, -0.05) is 24.6 Å². The van der Waals surface area contributed by atoms with E-state index in [2.05, 4.69) is 5.32 Å². The van der Waals surface area contributed by atoms with Crippen LogP contribution in [0.25, 0.3) is 0 Å². The number of rotatable bonds is 6. The lowest BCUT2D eigenvalue weighted by molar-refractivity contribution is -0.116. The van der Waals surface area contributed by atoms with Gasteiger partial charge in [0.25, 0.3) is 0 Å². The fourth-order valence-corrected chi connectivity index (χ4v) is 2.78. The third-order valence-corrected chi connectivity index (χ3v) is 4.17. The minimum absolute atomic E-state index is 0.153. The predicted octanol–water partition coefficient (Wildman–Crippen LogP) is 1.91. The van der Waals surface area contributed by atoms with Crippen LogP contribution in [0.3, 0.4) is 0 Å². The molecule has 0 aliphatic heterocycles. The van der Waals surface area contributed by atoms with Crippen LogP contribution >= 0.6 is 0 Å². The number of anilines is 1. The van der Waals surface area contributed by atoms with Crippen molar-refractivity contribution in [2.75, 3.05) is 24.7 Å². The molecule has 0 fully saturated rings. The number of carbonyl (C=O) groups is 1. The Kier molecular flexibility index (Phi) is 5.71.